The van der Waals surface area contributed by atoms with Crippen LogP contribution in [-0.2, 0) is 18.7 Å². The summed E-state index contributed by atoms with van der Waals surface area (Å²) in [5.41, 5.74) is 0. The topological polar surface area (TPSA) is 44.8 Å². The third kappa shape index (κ3) is 2.60. The Balaban J connectivity index is 1.90. The molecule has 0 bridgehead atoms. The molecule has 1 saturated carbocycles. The largest absolute Gasteiger partial charge is 0.459 e. The van der Waals surface area contributed by atoms with E-state index in [4.69, 9.17) is 13.9 Å². The molecule has 0 aromatic carbocycles. The lowest BCUT2D eigenvalue weighted by molar-refractivity contribution is -0.176. The zero-order valence-electron chi connectivity index (χ0n) is 14.6. The lowest BCUT2D eigenvalue weighted by Crippen LogP contribution is -2.59. The highest BCUT2D eigenvalue weighted by Gasteiger charge is 2.74. The number of hydrogen-bond donors (Lipinski definition) is 0. The number of carbonyl (C=O) groups is 1. The molecule has 0 radical (unpaired) electrons. The van der Waals surface area contributed by atoms with E-state index in [-0.39, 0.29) is 36.1 Å². The van der Waals surface area contributed by atoms with E-state index in [1.54, 1.807) is 0 Å². The molecule has 3 fully saturated rings. The molecule has 0 N–H and O–H groups in total. The minimum Gasteiger partial charge on any atom is -0.459 e. The molecule has 3 rings (SSSR count). The third-order valence-electron chi connectivity index (χ3n) is 5.31. The van der Waals surface area contributed by atoms with E-state index in [1.807, 2.05) is 41.5 Å². The molecule has 7 heteroatoms. The van der Waals surface area contributed by atoms with Crippen LogP contribution in [0.25, 0.3) is 0 Å². The van der Waals surface area contributed by atoms with Gasteiger partial charge in [-0.25, -0.2) is 0 Å². The average molecular weight is 456 g/mol. The second kappa shape index (κ2) is 5.38. The molecular weight excluding hydrogens is 430 g/mol. The first-order valence-electron chi connectivity index (χ1n) is 8.21. The Morgan fingerprint density at radius 1 is 1.17 bits per heavy atom. The zero-order valence-corrected chi connectivity index (χ0v) is 17.7. The summed E-state index contributed by atoms with van der Waals surface area (Å²) in [4.78, 5) is 11.9. The predicted molar refractivity (Wildman–Crippen MR) is 95.6 cm³/mol. The number of halogens is 2. The Labute approximate surface area is 152 Å². The summed E-state index contributed by atoms with van der Waals surface area (Å²) in [6.45, 7) is 11.4. The van der Waals surface area contributed by atoms with Gasteiger partial charge in [-0.3, -0.25) is 8.90 Å². The average Bonchev–Trinajstić information content (AvgIpc) is 3.01. The molecule has 4 nitrogen and oxygen atoms in total. The maximum Gasteiger partial charge on any atom is 0.394 e. The number of fused-ring (bicyclic) bond motifs is 1. The molecule has 1 aliphatic carbocycles. The van der Waals surface area contributed by atoms with Crippen LogP contribution < -0.4 is 0 Å². The highest BCUT2D eigenvalue weighted by atomic mass is 127. The molecule has 23 heavy (non-hydrogen) atoms. The van der Waals surface area contributed by atoms with Crippen molar-refractivity contribution in [3.63, 3.8) is 0 Å². The van der Waals surface area contributed by atoms with E-state index in [2.05, 4.69) is 22.6 Å². The van der Waals surface area contributed by atoms with Crippen LogP contribution in [0.3, 0.4) is 0 Å². The molecule has 132 valence electrons. The highest BCUT2D eigenvalue weighted by molar-refractivity contribution is 14.1. The molecule has 3 aliphatic rings. The quantitative estimate of drug-likeness (QED) is 0.213. The van der Waals surface area contributed by atoms with E-state index in [0.717, 1.165) is 0 Å². The van der Waals surface area contributed by atoms with Crippen molar-refractivity contribution in [1.82, 2.24) is 0 Å². The minimum absolute atomic E-state index is 0.0409. The number of hydrogen-bond acceptors (Lipinski definition) is 4. The third-order valence-corrected chi connectivity index (χ3v) is 10.6. The summed E-state index contributed by atoms with van der Waals surface area (Å²) in [6, 6.07) is 0. The van der Waals surface area contributed by atoms with E-state index in [9.17, 15) is 4.79 Å². The Morgan fingerprint density at radius 3 is 2.22 bits per heavy atom. The fourth-order valence-electron chi connectivity index (χ4n) is 4.16. The van der Waals surface area contributed by atoms with Gasteiger partial charge in [-0.2, -0.15) is 0 Å². The van der Waals surface area contributed by atoms with Gasteiger partial charge in [-0.05, 0) is 0 Å². The van der Waals surface area contributed by atoms with Crippen molar-refractivity contribution in [2.24, 2.45) is 11.8 Å². The summed E-state index contributed by atoms with van der Waals surface area (Å²) in [6.07, 6.45) is -1.11. The lowest BCUT2D eigenvalue weighted by Gasteiger charge is -2.48. The zero-order chi connectivity index (χ0) is 17.4. The highest BCUT2D eigenvalue weighted by Crippen LogP contribution is 2.59. The first kappa shape index (κ1) is 18.1. The Bertz CT molecular complexity index is 501. The molecule has 0 amide bonds. The maximum atomic E-state index is 16.2. The number of alkyl halides is 1. The molecule has 0 spiro atoms. The summed E-state index contributed by atoms with van der Waals surface area (Å²) in [7, 11) is -3.65. The van der Waals surface area contributed by atoms with Gasteiger partial charge in [0.05, 0.1) is 18.1 Å². The van der Waals surface area contributed by atoms with Crippen molar-refractivity contribution >= 4 is 37.2 Å². The van der Waals surface area contributed by atoms with Crippen molar-refractivity contribution in [3.05, 3.63) is 0 Å². The monoisotopic (exact) mass is 456 g/mol. The second-order valence-corrected chi connectivity index (χ2v) is 14.3. The van der Waals surface area contributed by atoms with Crippen LogP contribution in [0.1, 0.15) is 41.5 Å². The SMILES string of the molecule is CC(C)(C)[Si](F)(O[C@H]1[C@@H]2OC(=O)[C@H]3[C@H](O[C@@H]1CI)[C@H]23)C(C)(C)C. The Hall–Kier alpha value is 0.267. The van der Waals surface area contributed by atoms with Gasteiger partial charge in [0.15, 0.2) is 0 Å². The Kier molecular flexibility index (Phi) is 4.23. The first-order chi connectivity index (χ1) is 10.4. The normalized spacial score (nSPS) is 39.9. The molecule has 2 saturated heterocycles. The fourth-order valence-corrected chi connectivity index (χ4v) is 8.49. The van der Waals surface area contributed by atoms with Crippen LogP contribution in [0.4, 0.5) is 4.11 Å². The van der Waals surface area contributed by atoms with Crippen molar-refractivity contribution in [2.45, 2.75) is 76.0 Å². The number of ether oxygens (including phenoxy) is 2. The van der Waals surface area contributed by atoms with Gasteiger partial charge in [0.1, 0.15) is 12.2 Å². The summed E-state index contributed by atoms with van der Waals surface area (Å²) in [5, 5.41) is -1.16. The van der Waals surface area contributed by atoms with Crippen LogP contribution in [0.5, 0.6) is 0 Å². The van der Waals surface area contributed by atoms with Crippen molar-refractivity contribution in [2.75, 3.05) is 4.43 Å². The van der Waals surface area contributed by atoms with Crippen LogP contribution in [0, 0.1) is 11.8 Å². The van der Waals surface area contributed by atoms with Crippen LogP contribution in [0.15, 0.2) is 0 Å². The molecular formula is C16H26FIO4Si. The van der Waals surface area contributed by atoms with E-state index >= 15 is 4.11 Å². The number of esters is 1. The summed E-state index contributed by atoms with van der Waals surface area (Å²) < 4.78 is 34.7. The fraction of sp³-hybridized carbons (Fsp3) is 0.938. The van der Waals surface area contributed by atoms with Gasteiger partial charge >= 0.3 is 14.6 Å². The number of rotatable bonds is 3. The van der Waals surface area contributed by atoms with Gasteiger partial charge in [-0.15, -0.1) is 0 Å². The van der Waals surface area contributed by atoms with Crippen molar-refractivity contribution in [3.8, 4) is 0 Å². The van der Waals surface area contributed by atoms with Crippen LogP contribution in [0.2, 0.25) is 10.1 Å². The van der Waals surface area contributed by atoms with Gasteiger partial charge in [0, 0.05) is 20.4 Å². The molecule has 0 aromatic rings. The van der Waals surface area contributed by atoms with Gasteiger partial charge in [0.25, 0.3) is 0 Å². The van der Waals surface area contributed by atoms with Gasteiger partial charge in [0.2, 0.25) is 0 Å². The lowest BCUT2D eigenvalue weighted by atomic mass is 10.0. The van der Waals surface area contributed by atoms with Gasteiger partial charge in [-0.1, -0.05) is 64.1 Å². The molecule has 2 aliphatic heterocycles. The summed E-state index contributed by atoms with van der Waals surface area (Å²) >= 11 is 2.24. The van der Waals surface area contributed by atoms with E-state index < -0.39 is 24.8 Å². The standard InChI is InChI=1S/C16H26FIO4Si/c1-15(2,3)23(17,16(4,5)6)22-11-8(7-18)20-12-9-10(12)14(19)21-13(9)11/h8-13H,7H2,1-6H3/t8-,9-,10-,11-,12-,13-/m1/s1. The van der Waals surface area contributed by atoms with E-state index in [0.29, 0.717) is 4.43 Å². The Morgan fingerprint density at radius 2 is 1.74 bits per heavy atom. The van der Waals surface area contributed by atoms with Crippen LogP contribution >= 0.6 is 22.6 Å². The minimum atomic E-state index is -3.65. The van der Waals surface area contributed by atoms with Crippen molar-refractivity contribution < 1.29 is 22.8 Å². The smallest absolute Gasteiger partial charge is 0.394 e. The van der Waals surface area contributed by atoms with Crippen LogP contribution in [-0.4, -0.2) is 43.5 Å². The second-order valence-electron chi connectivity index (χ2n) is 8.98. The van der Waals surface area contributed by atoms with Crippen molar-refractivity contribution in [1.29, 1.82) is 0 Å². The molecule has 6 atom stereocenters. The molecule has 2 heterocycles. The molecule has 0 unspecified atom stereocenters. The maximum absolute atomic E-state index is 16.2. The number of carbonyl (C=O) groups excluding carboxylic acids is 1. The predicted octanol–water partition coefficient (Wildman–Crippen LogP) is 3.76. The van der Waals surface area contributed by atoms with Gasteiger partial charge < -0.3 is 13.9 Å². The summed E-state index contributed by atoms with van der Waals surface area (Å²) in [5.74, 6) is -0.299. The van der Waals surface area contributed by atoms with E-state index in [1.165, 1.54) is 0 Å². The first-order valence-corrected chi connectivity index (χ1v) is 11.5. The molecule has 0 aromatic heterocycles.